The van der Waals surface area contributed by atoms with Gasteiger partial charge in [0, 0.05) is 6.04 Å². The number of hydrogen-bond acceptors (Lipinski definition) is 1. The smallest absolute Gasteiger partial charge is 0.0328 e. The van der Waals surface area contributed by atoms with Crippen LogP contribution in [0.4, 0.5) is 0 Å². The van der Waals surface area contributed by atoms with Crippen molar-refractivity contribution < 1.29 is 0 Å². The van der Waals surface area contributed by atoms with Crippen molar-refractivity contribution in [2.24, 2.45) is 17.8 Å². The van der Waals surface area contributed by atoms with Gasteiger partial charge in [-0.15, -0.1) is 0 Å². The normalized spacial score (nSPS) is 29.0. The summed E-state index contributed by atoms with van der Waals surface area (Å²) >= 11 is 0. The highest BCUT2D eigenvalue weighted by Crippen LogP contribution is 2.51. The van der Waals surface area contributed by atoms with Gasteiger partial charge in [-0.3, -0.25) is 0 Å². The van der Waals surface area contributed by atoms with Crippen molar-refractivity contribution in [1.29, 1.82) is 0 Å². The van der Waals surface area contributed by atoms with E-state index in [0.717, 1.165) is 24.3 Å². The number of nitrogens with one attached hydrogen (secondary N) is 1. The summed E-state index contributed by atoms with van der Waals surface area (Å²) in [6.07, 6.45) is 8.61. The molecule has 2 aliphatic carbocycles. The topological polar surface area (TPSA) is 12.0 Å². The summed E-state index contributed by atoms with van der Waals surface area (Å²) in [4.78, 5) is 0. The van der Waals surface area contributed by atoms with Gasteiger partial charge in [0.1, 0.15) is 0 Å². The van der Waals surface area contributed by atoms with Crippen LogP contribution in [0.2, 0.25) is 0 Å². The Kier molecular flexibility index (Phi) is 4.69. The fourth-order valence-electron chi connectivity index (χ4n) is 4.97. The predicted molar refractivity (Wildman–Crippen MR) is 90.5 cm³/mol. The van der Waals surface area contributed by atoms with Crippen molar-refractivity contribution in [2.45, 2.75) is 65.3 Å². The minimum absolute atomic E-state index is 0.565. The van der Waals surface area contributed by atoms with Crippen molar-refractivity contribution in [2.75, 3.05) is 6.54 Å². The maximum absolute atomic E-state index is 3.85. The van der Waals surface area contributed by atoms with E-state index < -0.39 is 0 Å². The lowest BCUT2D eigenvalue weighted by molar-refractivity contribution is 0.278. The Morgan fingerprint density at radius 1 is 1.14 bits per heavy atom. The Morgan fingerprint density at radius 2 is 1.90 bits per heavy atom. The van der Waals surface area contributed by atoms with E-state index in [2.05, 4.69) is 44.3 Å². The third-order valence-corrected chi connectivity index (χ3v) is 5.95. The van der Waals surface area contributed by atoms with Crippen molar-refractivity contribution in [3.05, 3.63) is 34.9 Å². The molecule has 0 heterocycles. The van der Waals surface area contributed by atoms with E-state index in [4.69, 9.17) is 0 Å². The van der Waals surface area contributed by atoms with Gasteiger partial charge in [0.15, 0.2) is 0 Å². The van der Waals surface area contributed by atoms with Gasteiger partial charge in [0.05, 0.1) is 0 Å². The first-order valence-corrected chi connectivity index (χ1v) is 8.98. The first kappa shape index (κ1) is 15.1. The molecule has 4 unspecified atom stereocenters. The zero-order valence-corrected chi connectivity index (χ0v) is 14.0. The molecule has 2 bridgehead atoms. The Morgan fingerprint density at radius 3 is 2.48 bits per heavy atom. The van der Waals surface area contributed by atoms with Crippen LogP contribution in [0.25, 0.3) is 0 Å². The second-order valence-electron chi connectivity index (χ2n) is 7.48. The van der Waals surface area contributed by atoms with Crippen LogP contribution >= 0.6 is 0 Å². The molecule has 1 nitrogen and oxygen atoms in total. The standard InChI is InChI=1S/C20H31N/c1-4-10-21-19(20-14(2)6-5-7-15(20)3)13-18-12-16-8-9-17(18)11-16/h5-7,16-19,21H,4,8-13H2,1-3H3. The molecule has 3 rings (SSSR count). The van der Waals surface area contributed by atoms with Gasteiger partial charge in [0.2, 0.25) is 0 Å². The quantitative estimate of drug-likeness (QED) is 0.760. The second-order valence-corrected chi connectivity index (χ2v) is 7.48. The van der Waals surface area contributed by atoms with Gasteiger partial charge in [-0.05, 0) is 86.9 Å². The van der Waals surface area contributed by atoms with Gasteiger partial charge in [-0.1, -0.05) is 31.5 Å². The Hall–Kier alpha value is -0.820. The van der Waals surface area contributed by atoms with Crippen molar-refractivity contribution in [1.82, 2.24) is 5.32 Å². The summed E-state index contributed by atoms with van der Waals surface area (Å²) in [6, 6.07) is 7.33. The highest BCUT2D eigenvalue weighted by atomic mass is 14.9. The van der Waals surface area contributed by atoms with Gasteiger partial charge >= 0.3 is 0 Å². The fourth-order valence-corrected chi connectivity index (χ4v) is 4.97. The van der Waals surface area contributed by atoms with Crippen molar-refractivity contribution in [3.63, 3.8) is 0 Å². The molecule has 1 aromatic carbocycles. The lowest BCUT2D eigenvalue weighted by Crippen LogP contribution is -2.27. The summed E-state index contributed by atoms with van der Waals surface area (Å²) in [7, 11) is 0. The number of fused-ring (bicyclic) bond motifs is 2. The molecule has 0 aliphatic heterocycles. The molecule has 1 heteroatoms. The lowest BCUT2D eigenvalue weighted by atomic mass is 9.81. The molecule has 2 saturated carbocycles. The van der Waals surface area contributed by atoms with Gasteiger partial charge in [-0.25, -0.2) is 0 Å². The van der Waals surface area contributed by atoms with E-state index in [1.165, 1.54) is 49.7 Å². The van der Waals surface area contributed by atoms with Crippen LogP contribution in [0, 0.1) is 31.6 Å². The lowest BCUT2D eigenvalue weighted by Gasteiger charge is -2.29. The summed E-state index contributed by atoms with van der Waals surface area (Å²) in [5.74, 6) is 3.06. The molecular weight excluding hydrogens is 254 g/mol. The monoisotopic (exact) mass is 285 g/mol. The number of benzene rings is 1. The van der Waals surface area contributed by atoms with E-state index in [9.17, 15) is 0 Å². The highest BCUT2D eigenvalue weighted by Gasteiger charge is 2.40. The summed E-state index contributed by atoms with van der Waals surface area (Å²) in [5, 5.41) is 3.85. The van der Waals surface area contributed by atoms with Crippen LogP contribution in [0.15, 0.2) is 18.2 Å². The highest BCUT2D eigenvalue weighted by molar-refractivity contribution is 5.36. The average molecular weight is 285 g/mol. The molecule has 0 amide bonds. The minimum atomic E-state index is 0.565. The summed E-state index contributed by atoms with van der Waals surface area (Å²) in [5.41, 5.74) is 4.51. The molecule has 116 valence electrons. The molecule has 21 heavy (non-hydrogen) atoms. The molecule has 4 atom stereocenters. The summed E-state index contributed by atoms with van der Waals surface area (Å²) in [6.45, 7) is 7.97. The van der Waals surface area contributed by atoms with Gasteiger partial charge in [-0.2, -0.15) is 0 Å². The molecule has 0 aromatic heterocycles. The molecule has 2 fully saturated rings. The van der Waals surface area contributed by atoms with Crippen LogP contribution < -0.4 is 5.32 Å². The van der Waals surface area contributed by atoms with E-state index in [1.54, 1.807) is 5.56 Å². The van der Waals surface area contributed by atoms with Crippen LogP contribution in [0.3, 0.4) is 0 Å². The zero-order valence-electron chi connectivity index (χ0n) is 14.0. The molecule has 0 saturated heterocycles. The molecule has 0 spiro atoms. The first-order valence-electron chi connectivity index (χ1n) is 8.98. The maximum Gasteiger partial charge on any atom is 0.0328 e. The number of aryl methyl sites for hydroxylation is 2. The molecule has 2 aliphatic rings. The largest absolute Gasteiger partial charge is 0.310 e. The van der Waals surface area contributed by atoms with Crippen LogP contribution in [0.5, 0.6) is 0 Å². The minimum Gasteiger partial charge on any atom is -0.310 e. The maximum atomic E-state index is 3.85. The summed E-state index contributed by atoms with van der Waals surface area (Å²) < 4.78 is 0. The molecule has 1 N–H and O–H groups in total. The Labute approximate surface area is 130 Å². The number of rotatable bonds is 6. The fraction of sp³-hybridized carbons (Fsp3) is 0.700. The zero-order chi connectivity index (χ0) is 14.8. The van der Waals surface area contributed by atoms with Crippen LogP contribution in [0.1, 0.15) is 68.2 Å². The first-order chi connectivity index (χ1) is 10.2. The van der Waals surface area contributed by atoms with Gasteiger partial charge in [0.25, 0.3) is 0 Å². The molecular formula is C20H31N. The Bertz CT molecular complexity index is 458. The number of hydrogen-bond donors (Lipinski definition) is 1. The van der Waals surface area contributed by atoms with Crippen molar-refractivity contribution >= 4 is 0 Å². The van der Waals surface area contributed by atoms with E-state index in [-0.39, 0.29) is 0 Å². The second kappa shape index (κ2) is 6.52. The molecule has 0 radical (unpaired) electrons. The van der Waals surface area contributed by atoms with E-state index in [0.29, 0.717) is 6.04 Å². The van der Waals surface area contributed by atoms with Crippen molar-refractivity contribution in [3.8, 4) is 0 Å². The SMILES string of the molecule is CCCNC(CC1CC2CCC1C2)c1c(C)cccc1C. The van der Waals surface area contributed by atoms with Crippen LogP contribution in [-0.4, -0.2) is 6.54 Å². The van der Waals surface area contributed by atoms with Crippen LogP contribution in [-0.2, 0) is 0 Å². The van der Waals surface area contributed by atoms with Gasteiger partial charge < -0.3 is 5.32 Å². The molecule has 1 aromatic rings. The predicted octanol–water partition coefficient (Wildman–Crippen LogP) is 5.17. The average Bonchev–Trinajstić information content (AvgIpc) is 3.06. The van der Waals surface area contributed by atoms with E-state index >= 15 is 0 Å². The van der Waals surface area contributed by atoms with E-state index in [1.807, 2.05) is 0 Å². The third kappa shape index (κ3) is 3.18. The third-order valence-electron chi connectivity index (χ3n) is 5.95. The Balaban J connectivity index is 1.77.